The topological polar surface area (TPSA) is 82.7 Å². The molecule has 6 nitrogen and oxygen atoms in total. The number of hydrogen-bond acceptors (Lipinski definition) is 4. The van der Waals surface area contributed by atoms with Crippen molar-refractivity contribution in [3.05, 3.63) is 66.6 Å². The van der Waals surface area contributed by atoms with Gasteiger partial charge in [-0.3, -0.25) is 4.79 Å². The zero-order valence-electron chi connectivity index (χ0n) is 14.2. The average molecular weight is 345 g/mol. The molecule has 0 spiro atoms. The summed E-state index contributed by atoms with van der Waals surface area (Å²) in [7, 11) is 0. The molecule has 0 atom stereocenters. The summed E-state index contributed by atoms with van der Waals surface area (Å²) in [6.07, 6.45) is 4.17. The fourth-order valence-electron chi connectivity index (χ4n) is 2.98. The third-order valence-corrected chi connectivity index (χ3v) is 4.26. The van der Waals surface area contributed by atoms with Gasteiger partial charge in [0.05, 0.1) is 0 Å². The van der Waals surface area contributed by atoms with Gasteiger partial charge < -0.3 is 15.6 Å². The molecule has 0 aliphatic carbocycles. The highest BCUT2D eigenvalue weighted by Gasteiger charge is 2.10. The van der Waals surface area contributed by atoms with E-state index < -0.39 is 0 Å². The Morgan fingerprint density at radius 1 is 0.962 bits per heavy atom. The van der Waals surface area contributed by atoms with E-state index in [1.807, 2.05) is 24.3 Å². The monoisotopic (exact) mass is 345 g/mol. The number of amides is 1. The zero-order chi connectivity index (χ0) is 17.8. The first-order valence-corrected chi connectivity index (χ1v) is 8.61. The van der Waals surface area contributed by atoms with Crippen molar-refractivity contribution in [3.8, 4) is 0 Å². The number of fused-ring (bicyclic) bond motifs is 3. The lowest BCUT2D eigenvalue weighted by Crippen LogP contribution is -2.26. The fourth-order valence-corrected chi connectivity index (χ4v) is 2.98. The Hall–Kier alpha value is -3.41. The molecule has 0 unspecified atom stereocenters. The number of aromatic amines is 1. The maximum atomic E-state index is 12.4. The van der Waals surface area contributed by atoms with E-state index in [-0.39, 0.29) is 5.91 Å². The summed E-state index contributed by atoms with van der Waals surface area (Å²) in [5, 5.41) is 9.44. The van der Waals surface area contributed by atoms with Gasteiger partial charge in [0.25, 0.3) is 5.91 Å². The molecule has 26 heavy (non-hydrogen) atoms. The summed E-state index contributed by atoms with van der Waals surface area (Å²) < 4.78 is 0. The van der Waals surface area contributed by atoms with Crippen LogP contribution in [0.25, 0.3) is 21.7 Å². The van der Waals surface area contributed by atoms with E-state index in [9.17, 15) is 4.79 Å². The minimum Gasteiger partial charge on any atom is -0.354 e. The molecule has 0 fully saturated rings. The van der Waals surface area contributed by atoms with Crippen molar-refractivity contribution < 1.29 is 4.79 Å². The Morgan fingerprint density at radius 3 is 2.69 bits per heavy atom. The minimum atomic E-state index is -0.0961. The lowest BCUT2D eigenvalue weighted by atomic mass is 10.1. The van der Waals surface area contributed by atoms with Crippen molar-refractivity contribution >= 4 is 33.5 Å². The normalized spacial score (nSPS) is 10.9. The van der Waals surface area contributed by atoms with Gasteiger partial charge in [-0.05, 0) is 35.4 Å². The predicted molar refractivity (Wildman–Crippen MR) is 103 cm³/mol. The van der Waals surface area contributed by atoms with Gasteiger partial charge in [-0.15, -0.1) is 0 Å². The van der Waals surface area contributed by atoms with Crippen molar-refractivity contribution in [3.63, 3.8) is 0 Å². The number of rotatable bonds is 6. The summed E-state index contributed by atoms with van der Waals surface area (Å²) in [6, 6.07) is 15.9. The SMILES string of the molecule is O=C(NCCCNc1ncccn1)c1cc2c(ccc3ccccc32)[nH]1. The molecule has 0 bridgehead atoms. The van der Waals surface area contributed by atoms with Gasteiger partial charge in [0.2, 0.25) is 5.95 Å². The van der Waals surface area contributed by atoms with Crippen LogP contribution in [0.2, 0.25) is 0 Å². The van der Waals surface area contributed by atoms with Crippen LogP contribution < -0.4 is 10.6 Å². The van der Waals surface area contributed by atoms with Gasteiger partial charge in [-0.2, -0.15) is 0 Å². The van der Waals surface area contributed by atoms with Gasteiger partial charge in [-0.1, -0.05) is 30.3 Å². The molecule has 4 rings (SSSR count). The van der Waals surface area contributed by atoms with Crippen LogP contribution in [0.4, 0.5) is 5.95 Å². The van der Waals surface area contributed by atoms with Crippen molar-refractivity contribution in [2.75, 3.05) is 18.4 Å². The number of carbonyl (C=O) groups is 1. The third-order valence-electron chi connectivity index (χ3n) is 4.26. The molecule has 130 valence electrons. The molecule has 2 aromatic carbocycles. The maximum Gasteiger partial charge on any atom is 0.267 e. The fraction of sp³-hybridized carbons (Fsp3) is 0.150. The first-order chi connectivity index (χ1) is 12.8. The number of benzene rings is 2. The molecule has 0 radical (unpaired) electrons. The molecule has 2 heterocycles. The summed E-state index contributed by atoms with van der Waals surface area (Å²) in [5.74, 6) is 0.502. The zero-order valence-corrected chi connectivity index (χ0v) is 14.2. The van der Waals surface area contributed by atoms with Crippen molar-refractivity contribution in [1.29, 1.82) is 0 Å². The standard InChI is InChI=1S/C20H19N5O/c26-19(21-9-3-10-22-20-23-11-4-12-24-20)18-13-16-15-6-2-1-5-14(15)7-8-17(16)25-18/h1-2,4-8,11-13,25H,3,9-10H2,(H,21,26)(H,22,23,24). The summed E-state index contributed by atoms with van der Waals surface area (Å²) in [5.41, 5.74) is 1.55. The van der Waals surface area contributed by atoms with Crippen LogP contribution in [-0.2, 0) is 0 Å². The van der Waals surface area contributed by atoms with Crippen LogP contribution in [0.1, 0.15) is 16.9 Å². The second kappa shape index (κ2) is 7.23. The molecule has 0 saturated heterocycles. The molecular weight excluding hydrogens is 326 g/mol. The molecule has 3 N–H and O–H groups in total. The van der Waals surface area contributed by atoms with Gasteiger partial charge in [0.15, 0.2) is 0 Å². The molecule has 0 saturated carbocycles. The van der Waals surface area contributed by atoms with E-state index in [1.165, 1.54) is 5.39 Å². The van der Waals surface area contributed by atoms with Crippen LogP contribution in [0.5, 0.6) is 0 Å². The maximum absolute atomic E-state index is 12.4. The summed E-state index contributed by atoms with van der Waals surface area (Å²) in [6.45, 7) is 1.27. The third kappa shape index (κ3) is 3.35. The van der Waals surface area contributed by atoms with E-state index >= 15 is 0 Å². The quantitative estimate of drug-likeness (QED) is 0.468. The lowest BCUT2D eigenvalue weighted by Gasteiger charge is -2.05. The van der Waals surface area contributed by atoms with Gasteiger partial charge >= 0.3 is 0 Å². The number of nitrogens with one attached hydrogen (secondary N) is 3. The second-order valence-electron chi connectivity index (χ2n) is 6.04. The number of H-pyrrole nitrogens is 1. The van der Waals surface area contributed by atoms with E-state index in [1.54, 1.807) is 18.5 Å². The smallest absolute Gasteiger partial charge is 0.267 e. The van der Waals surface area contributed by atoms with E-state index in [0.29, 0.717) is 24.7 Å². The Labute approximate surface area is 150 Å². The molecule has 0 aliphatic rings. The van der Waals surface area contributed by atoms with E-state index in [4.69, 9.17) is 0 Å². The van der Waals surface area contributed by atoms with Gasteiger partial charge in [0.1, 0.15) is 5.69 Å². The molecular formula is C20H19N5O. The predicted octanol–water partition coefficient (Wildman–Crippen LogP) is 3.34. The number of carbonyl (C=O) groups excluding carboxylic acids is 1. The first-order valence-electron chi connectivity index (χ1n) is 8.61. The molecule has 2 aromatic heterocycles. The lowest BCUT2D eigenvalue weighted by molar-refractivity contribution is 0.0949. The Balaban J connectivity index is 1.36. The molecule has 0 aliphatic heterocycles. The number of aromatic nitrogens is 3. The van der Waals surface area contributed by atoms with Crippen LogP contribution in [0.3, 0.4) is 0 Å². The van der Waals surface area contributed by atoms with Crippen molar-refractivity contribution in [1.82, 2.24) is 20.3 Å². The number of anilines is 1. The number of hydrogen-bond donors (Lipinski definition) is 3. The number of nitrogens with zero attached hydrogens (tertiary/aromatic N) is 2. The van der Waals surface area contributed by atoms with Crippen LogP contribution in [-0.4, -0.2) is 33.9 Å². The Bertz CT molecular complexity index is 1040. The average Bonchev–Trinajstić information content (AvgIpc) is 3.13. The van der Waals surface area contributed by atoms with Crippen molar-refractivity contribution in [2.24, 2.45) is 0 Å². The first kappa shape index (κ1) is 16.1. The van der Waals surface area contributed by atoms with E-state index in [2.05, 4.69) is 43.8 Å². The van der Waals surface area contributed by atoms with Gasteiger partial charge in [-0.25, -0.2) is 9.97 Å². The highest BCUT2D eigenvalue weighted by molar-refractivity contribution is 6.09. The van der Waals surface area contributed by atoms with E-state index in [0.717, 1.165) is 22.7 Å². The van der Waals surface area contributed by atoms with Crippen molar-refractivity contribution in [2.45, 2.75) is 6.42 Å². The molecule has 1 amide bonds. The highest BCUT2D eigenvalue weighted by atomic mass is 16.1. The molecule has 4 aromatic rings. The van der Waals surface area contributed by atoms with Crippen LogP contribution in [0, 0.1) is 0 Å². The largest absolute Gasteiger partial charge is 0.354 e. The van der Waals surface area contributed by atoms with Crippen LogP contribution >= 0.6 is 0 Å². The second-order valence-corrected chi connectivity index (χ2v) is 6.04. The highest BCUT2D eigenvalue weighted by Crippen LogP contribution is 2.25. The minimum absolute atomic E-state index is 0.0961. The Morgan fingerprint density at radius 2 is 1.81 bits per heavy atom. The summed E-state index contributed by atoms with van der Waals surface area (Å²) in [4.78, 5) is 23.8. The molecule has 6 heteroatoms. The summed E-state index contributed by atoms with van der Waals surface area (Å²) >= 11 is 0. The van der Waals surface area contributed by atoms with Gasteiger partial charge in [0, 0.05) is 36.4 Å². The van der Waals surface area contributed by atoms with Crippen LogP contribution in [0.15, 0.2) is 60.9 Å². The Kier molecular flexibility index (Phi) is 4.47.